The van der Waals surface area contributed by atoms with E-state index < -0.39 is 18.1 Å². The summed E-state index contributed by atoms with van der Waals surface area (Å²) >= 11 is 0. The summed E-state index contributed by atoms with van der Waals surface area (Å²) in [5.41, 5.74) is 0. The van der Waals surface area contributed by atoms with Crippen LogP contribution in [0.4, 0.5) is 0 Å². The number of esters is 2. The van der Waals surface area contributed by atoms with Gasteiger partial charge in [0.25, 0.3) is 0 Å². The largest absolute Gasteiger partial charge is 0.477 e. The van der Waals surface area contributed by atoms with Crippen LogP contribution < -0.4 is 0 Å². The fourth-order valence-electron chi connectivity index (χ4n) is 7.56. The third kappa shape index (κ3) is 39.5. The van der Waals surface area contributed by atoms with E-state index in [1.54, 1.807) is 0 Å². The van der Waals surface area contributed by atoms with Gasteiger partial charge in [0, 0.05) is 19.3 Å². The second kappa shape index (κ2) is 41.8. The number of nitrogens with zero attached hydrogens (tertiary/aromatic N) is 1. The Morgan fingerprint density at radius 2 is 0.862 bits per heavy atom. The van der Waals surface area contributed by atoms with Gasteiger partial charge in [0.2, 0.25) is 0 Å². The Bertz CT molecular complexity index is 962. The molecule has 8 heteroatoms. The fourth-order valence-corrected chi connectivity index (χ4v) is 7.56. The van der Waals surface area contributed by atoms with Crippen molar-refractivity contribution in [2.45, 2.75) is 251 Å². The Morgan fingerprint density at radius 3 is 1.28 bits per heavy atom. The van der Waals surface area contributed by atoms with E-state index >= 15 is 0 Å². The van der Waals surface area contributed by atoms with Crippen molar-refractivity contribution >= 4 is 17.9 Å². The van der Waals surface area contributed by atoms with Gasteiger partial charge in [0.05, 0.1) is 34.4 Å². The average Bonchev–Trinajstić information content (AvgIpc) is 3.18. The molecular weight excluding hydrogens is 727 g/mol. The van der Waals surface area contributed by atoms with Crippen molar-refractivity contribution in [1.29, 1.82) is 0 Å². The maximum Gasteiger partial charge on any atom is 0.362 e. The second-order valence-electron chi connectivity index (χ2n) is 18.1. The van der Waals surface area contributed by atoms with Crippen LogP contribution in [0.5, 0.6) is 0 Å². The first-order valence-corrected chi connectivity index (χ1v) is 24.7. The third-order valence-corrected chi connectivity index (χ3v) is 11.4. The summed E-state index contributed by atoms with van der Waals surface area (Å²) in [7, 11) is 5.54. The second-order valence-corrected chi connectivity index (χ2v) is 18.1. The fraction of sp³-hybridized carbons (Fsp3) is 0.900. The summed E-state index contributed by atoms with van der Waals surface area (Å²) in [4.78, 5) is 37.0. The summed E-state index contributed by atoms with van der Waals surface area (Å²) in [6.45, 7) is 4.74. The molecule has 58 heavy (non-hydrogen) atoms. The maximum atomic E-state index is 12.7. The molecule has 0 bridgehead atoms. The zero-order valence-corrected chi connectivity index (χ0v) is 39.0. The number of likely N-dealkylation sites (N-methyl/N-ethyl adjacent to an activating group) is 1. The molecule has 0 saturated heterocycles. The number of carbonyl (C=O) groups excluding carboxylic acids is 2. The van der Waals surface area contributed by atoms with Gasteiger partial charge in [-0.1, -0.05) is 193 Å². The standard InChI is InChI=1S/C50H95NO7/c1-6-8-10-12-14-16-18-20-21-22-23-24-25-26-27-28-29-31-32-34-36-38-40-48(52)57-45-46(44-56-43-42-47(50(54)55)51(3,4)5)58-49(53)41-39-37-35-33-30-19-17-15-13-11-9-7-2/h15,17,46-47H,6-14,16,18-45H2,1-5H3/p+1/b17-15+. The highest BCUT2D eigenvalue weighted by atomic mass is 16.6. The number of carboxylic acids is 1. The molecule has 1 N–H and O–H groups in total. The molecule has 0 aliphatic heterocycles. The van der Waals surface area contributed by atoms with Crippen LogP contribution in [-0.4, -0.2) is 80.6 Å². The number of aliphatic carboxylic acids is 1. The highest BCUT2D eigenvalue weighted by Gasteiger charge is 2.31. The number of rotatable bonds is 45. The molecule has 0 amide bonds. The molecule has 0 aliphatic rings. The smallest absolute Gasteiger partial charge is 0.362 e. The minimum Gasteiger partial charge on any atom is -0.477 e. The average molecular weight is 823 g/mol. The summed E-state index contributed by atoms with van der Waals surface area (Å²) in [6, 6.07) is -0.612. The highest BCUT2D eigenvalue weighted by molar-refractivity contribution is 5.72. The molecule has 0 fully saturated rings. The van der Waals surface area contributed by atoms with Crippen molar-refractivity contribution in [3.8, 4) is 0 Å². The Morgan fingerprint density at radius 1 is 0.500 bits per heavy atom. The Kier molecular flexibility index (Phi) is 40.4. The molecule has 0 aromatic carbocycles. The molecule has 0 saturated carbocycles. The van der Waals surface area contributed by atoms with Crippen molar-refractivity contribution in [1.82, 2.24) is 0 Å². The lowest BCUT2D eigenvalue weighted by Gasteiger charge is -2.31. The van der Waals surface area contributed by atoms with Gasteiger partial charge in [-0.25, -0.2) is 4.79 Å². The van der Waals surface area contributed by atoms with Gasteiger partial charge in [-0.05, 0) is 38.5 Å². The van der Waals surface area contributed by atoms with E-state index in [1.807, 2.05) is 21.1 Å². The van der Waals surface area contributed by atoms with Gasteiger partial charge in [-0.15, -0.1) is 0 Å². The van der Waals surface area contributed by atoms with Gasteiger partial charge >= 0.3 is 17.9 Å². The predicted molar refractivity (Wildman–Crippen MR) is 243 cm³/mol. The topological polar surface area (TPSA) is 99.1 Å². The molecular formula is C50H96NO7+. The number of hydrogen-bond donors (Lipinski definition) is 1. The lowest BCUT2D eigenvalue weighted by Crippen LogP contribution is -2.50. The number of ether oxygens (including phenoxy) is 3. The molecule has 342 valence electrons. The monoisotopic (exact) mass is 823 g/mol. The van der Waals surface area contributed by atoms with E-state index in [9.17, 15) is 19.5 Å². The number of unbranched alkanes of at least 4 members (excludes halogenated alkanes) is 29. The number of quaternary nitrogens is 1. The van der Waals surface area contributed by atoms with Gasteiger partial charge in [-0.3, -0.25) is 9.59 Å². The van der Waals surface area contributed by atoms with E-state index in [0.717, 1.165) is 51.4 Å². The molecule has 0 aromatic rings. The summed E-state index contributed by atoms with van der Waals surface area (Å²) in [6.07, 6.45) is 45.5. The quantitative estimate of drug-likeness (QED) is 0.0283. The van der Waals surface area contributed by atoms with Crippen molar-refractivity contribution in [3.63, 3.8) is 0 Å². The Balaban J connectivity index is 4.15. The Hall–Kier alpha value is -1.93. The number of hydrogen-bond acceptors (Lipinski definition) is 6. The first kappa shape index (κ1) is 56.1. The lowest BCUT2D eigenvalue weighted by atomic mass is 10.0. The van der Waals surface area contributed by atoms with Crippen molar-refractivity contribution < 1.29 is 38.2 Å². The van der Waals surface area contributed by atoms with E-state index in [1.165, 1.54) is 154 Å². The minimum atomic E-state index is -0.873. The van der Waals surface area contributed by atoms with Crippen LogP contribution in [0, 0.1) is 0 Å². The van der Waals surface area contributed by atoms with Crippen LogP contribution in [0.15, 0.2) is 12.2 Å². The SMILES string of the molecule is CCCCC/C=C/CCCCCCCC(=O)OC(COCCC(C(=O)O)[N+](C)(C)C)COC(=O)CCCCCCCCCCCCCCCCCCCCCCCC. The maximum absolute atomic E-state index is 12.7. The van der Waals surface area contributed by atoms with Crippen LogP contribution in [0.25, 0.3) is 0 Å². The zero-order valence-electron chi connectivity index (χ0n) is 39.0. The van der Waals surface area contributed by atoms with E-state index in [4.69, 9.17) is 14.2 Å². The van der Waals surface area contributed by atoms with Crippen molar-refractivity contribution in [2.75, 3.05) is 41.0 Å². The molecule has 0 aliphatic carbocycles. The van der Waals surface area contributed by atoms with E-state index in [0.29, 0.717) is 19.3 Å². The minimum absolute atomic E-state index is 0.0481. The van der Waals surface area contributed by atoms with Crippen LogP contribution in [0.3, 0.4) is 0 Å². The van der Waals surface area contributed by atoms with Gasteiger partial charge in [0.15, 0.2) is 12.1 Å². The van der Waals surface area contributed by atoms with Crippen LogP contribution in [0.2, 0.25) is 0 Å². The summed E-state index contributed by atoms with van der Waals surface area (Å²) < 4.78 is 17.3. The van der Waals surface area contributed by atoms with Gasteiger partial charge in [-0.2, -0.15) is 0 Å². The normalized spacial score (nSPS) is 12.9. The Labute approximate surface area is 359 Å². The highest BCUT2D eigenvalue weighted by Crippen LogP contribution is 2.16. The van der Waals surface area contributed by atoms with Crippen molar-refractivity contribution in [3.05, 3.63) is 12.2 Å². The first-order valence-electron chi connectivity index (χ1n) is 24.7. The molecule has 0 aromatic heterocycles. The molecule has 8 nitrogen and oxygen atoms in total. The third-order valence-electron chi connectivity index (χ3n) is 11.4. The molecule has 2 unspecified atom stereocenters. The number of carboxylic acid groups (broad SMARTS) is 1. The van der Waals surface area contributed by atoms with E-state index in [2.05, 4.69) is 26.0 Å². The molecule has 0 heterocycles. The number of allylic oxidation sites excluding steroid dienone is 2. The van der Waals surface area contributed by atoms with Crippen LogP contribution >= 0.6 is 0 Å². The van der Waals surface area contributed by atoms with Gasteiger partial charge < -0.3 is 23.8 Å². The molecule has 2 atom stereocenters. The molecule has 0 radical (unpaired) electrons. The molecule has 0 rings (SSSR count). The zero-order chi connectivity index (χ0) is 42.8. The van der Waals surface area contributed by atoms with Crippen LogP contribution in [-0.2, 0) is 28.6 Å². The summed E-state index contributed by atoms with van der Waals surface area (Å²) in [5.74, 6) is -1.46. The first-order chi connectivity index (χ1) is 28.1. The van der Waals surface area contributed by atoms with Crippen molar-refractivity contribution in [2.24, 2.45) is 0 Å². The lowest BCUT2D eigenvalue weighted by molar-refractivity contribution is -0.887. The molecule has 0 spiro atoms. The summed E-state index contributed by atoms with van der Waals surface area (Å²) in [5, 5.41) is 9.63. The predicted octanol–water partition coefficient (Wildman–Crippen LogP) is 13.9. The van der Waals surface area contributed by atoms with E-state index in [-0.39, 0.29) is 36.2 Å². The van der Waals surface area contributed by atoms with Crippen LogP contribution in [0.1, 0.15) is 239 Å². The number of carbonyl (C=O) groups is 3. The van der Waals surface area contributed by atoms with Gasteiger partial charge in [0.1, 0.15) is 6.61 Å².